The Kier molecular flexibility index (Phi) is 5.42. The lowest BCUT2D eigenvalue weighted by atomic mass is 10.3. The lowest BCUT2D eigenvalue weighted by Crippen LogP contribution is -2.49. The Bertz CT molecular complexity index is 525. The first-order chi connectivity index (χ1) is 9.45. The van der Waals surface area contributed by atoms with E-state index in [1.54, 1.807) is 0 Å². The number of sulfonamides is 1. The number of nitrogens with zero attached hydrogens (tertiary/aromatic N) is 2. The third-order valence-corrected chi connectivity index (χ3v) is 5.12. The van der Waals surface area contributed by atoms with Crippen molar-refractivity contribution >= 4 is 26.0 Å². The van der Waals surface area contributed by atoms with E-state index in [1.165, 1.54) is 10.6 Å². The molecule has 5 nitrogen and oxygen atoms in total. The smallest absolute Gasteiger partial charge is 0.211 e. The Morgan fingerprint density at radius 1 is 1.15 bits per heavy atom. The highest BCUT2D eigenvalue weighted by molar-refractivity contribution is 9.10. The summed E-state index contributed by atoms with van der Waals surface area (Å²) < 4.78 is 31.0. The molecule has 0 unspecified atom stereocenters. The van der Waals surface area contributed by atoms with Crippen LogP contribution in [-0.4, -0.2) is 63.2 Å². The summed E-state index contributed by atoms with van der Waals surface area (Å²) in [6.45, 7) is 4.08. The van der Waals surface area contributed by atoms with Crippen molar-refractivity contribution in [1.82, 2.24) is 9.21 Å². The van der Waals surface area contributed by atoms with Crippen LogP contribution in [0.25, 0.3) is 0 Å². The molecule has 0 saturated carbocycles. The van der Waals surface area contributed by atoms with Gasteiger partial charge in [-0.05, 0) is 24.3 Å². The second-order valence-electron chi connectivity index (χ2n) is 4.81. The summed E-state index contributed by atoms with van der Waals surface area (Å²) in [5.74, 6) is 0.850. The zero-order valence-corrected chi connectivity index (χ0v) is 13.9. The normalized spacial score (nSPS) is 18.1. The van der Waals surface area contributed by atoms with Gasteiger partial charge in [-0.2, -0.15) is 4.31 Å². The van der Waals surface area contributed by atoms with E-state index in [4.69, 9.17) is 4.74 Å². The fourth-order valence-electron chi connectivity index (χ4n) is 2.11. The van der Waals surface area contributed by atoms with E-state index in [0.29, 0.717) is 19.7 Å². The lowest BCUT2D eigenvalue weighted by Gasteiger charge is -2.33. The highest BCUT2D eigenvalue weighted by Crippen LogP contribution is 2.16. The summed E-state index contributed by atoms with van der Waals surface area (Å²) in [7, 11) is -3.05. The quantitative estimate of drug-likeness (QED) is 0.794. The second-order valence-corrected chi connectivity index (χ2v) is 7.70. The van der Waals surface area contributed by atoms with Crippen LogP contribution in [0, 0.1) is 0 Å². The van der Waals surface area contributed by atoms with Gasteiger partial charge in [0.05, 0.1) is 6.26 Å². The first kappa shape index (κ1) is 15.8. The van der Waals surface area contributed by atoms with Gasteiger partial charge in [-0.25, -0.2) is 8.42 Å². The summed E-state index contributed by atoms with van der Waals surface area (Å²) in [4.78, 5) is 2.22. The van der Waals surface area contributed by atoms with Crippen molar-refractivity contribution in [2.45, 2.75) is 0 Å². The molecule has 1 aromatic carbocycles. The first-order valence-corrected chi connectivity index (χ1v) is 9.15. The number of piperazine rings is 1. The minimum absolute atomic E-state index is 0.567. The van der Waals surface area contributed by atoms with Crippen LogP contribution in [0.1, 0.15) is 0 Å². The zero-order chi connectivity index (χ0) is 14.6. The fourth-order valence-corrected chi connectivity index (χ4v) is 3.20. The van der Waals surface area contributed by atoms with Gasteiger partial charge in [0.15, 0.2) is 0 Å². The van der Waals surface area contributed by atoms with E-state index in [-0.39, 0.29) is 0 Å². The van der Waals surface area contributed by atoms with Gasteiger partial charge in [0.25, 0.3) is 0 Å². The number of hydrogen-bond acceptors (Lipinski definition) is 4. The molecule has 0 N–H and O–H groups in total. The van der Waals surface area contributed by atoms with Gasteiger partial charge < -0.3 is 4.74 Å². The van der Waals surface area contributed by atoms with Crippen molar-refractivity contribution in [3.05, 3.63) is 28.7 Å². The third kappa shape index (κ3) is 4.73. The molecule has 2 rings (SSSR count). The van der Waals surface area contributed by atoms with Crippen LogP contribution in [0.4, 0.5) is 0 Å². The van der Waals surface area contributed by atoms with Gasteiger partial charge in [-0.3, -0.25) is 4.90 Å². The topological polar surface area (TPSA) is 49.9 Å². The molecule has 112 valence electrons. The molecule has 0 radical (unpaired) electrons. The highest BCUT2D eigenvalue weighted by Gasteiger charge is 2.22. The molecule has 0 aliphatic carbocycles. The van der Waals surface area contributed by atoms with Crippen LogP contribution in [0.5, 0.6) is 5.75 Å². The summed E-state index contributed by atoms with van der Waals surface area (Å²) in [6.07, 6.45) is 1.26. The van der Waals surface area contributed by atoms with Crippen LogP contribution in [-0.2, 0) is 10.0 Å². The van der Waals surface area contributed by atoms with Gasteiger partial charge >= 0.3 is 0 Å². The molecule has 1 saturated heterocycles. The maximum absolute atomic E-state index is 11.4. The molecule has 1 fully saturated rings. The summed E-state index contributed by atoms with van der Waals surface area (Å²) in [5, 5.41) is 0. The molecule has 0 atom stereocenters. The number of halogens is 1. The van der Waals surface area contributed by atoms with E-state index in [1.807, 2.05) is 24.3 Å². The van der Waals surface area contributed by atoms with Gasteiger partial charge in [0.1, 0.15) is 12.4 Å². The first-order valence-electron chi connectivity index (χ1n) is 6.51. The van der Waals surface area contributed by atoms with E-state index in [0.717, 1.165) is 29.9 Å². The average molecular weight is 363 g/mol. The van der Waals surface area contributed by atoms with Crippen molar-refractivity contribution in [2.24, 2.45) is 0 Å². The van der Waals surface area contributed by atoms with Crippen LogP contribution in [0.15, 0.2) is 28.7 Å². The van der Waals surface area contributed by atoms with E-state index < -0.39 is 10.0 Å². The fraction of sp³-hybridized carbons (Fsp3) is 0.538. The van der Waals surface area contributed by atoms with Gasteiger partial charge in [0.2, 0.25) is 10.0 Å². The second kappa shape index (κ2) is 6.89. The van der Waals surface area contributed by atoms with Crippen LogP contribution in [0.3, 0.4) is 0 Å². The van der Waals surface area contributed by atoms with Gasteiger partial charge in [0, 0.05) is 37.2 Å². The largest absolute Gasteiger partial charge is 0.492 e. The average Bonchev–Trinajstić information content (AvgIpc) is 2.41. The van der Waals surface area contributed by atoms with Crippen LogP contribution >= 0.6 is 15.9 Å². The molecule has 20 heavy (non-hydrogen) atoms. The van der Waals surface area contributed by atoms with Crippen LogP contribution in [0.2, 0.25) is 0 Å². The number of benzene rings is 1. The minimum Gasteiger partial charge on any atom is -0.492 e. The third-order valence-electron chi connectivity index (χ3n) is 3.29. The predicted molar refractivity (Wildman–Crippen MR) is 82.5 cm³/mol. The molecule has 1 heterocycles. The Morgan fingerprint density at radius 3 is 2.30 bits per heavy atom. The van der Waals surface area contributed by atoms with Gasteiger partial charge in [-0.1, -0.05) is 15.9 Å². The Morgan fingerprint density at radius 2 is 1.75 bits per heavy atom. The Labute approximate surface area is 128 Å². The van der Waals surface area contributed by atoms with E-state index >= 15 is 0 Å². The lowest BCUT2D eigenvalue weighted by molar-refractivity contribution is 0.159. The predicted octanol–water partition coefficient (Wildman–Crippen LogP) is 1.41. The molecule has 0 bridgehead atoms. The molecular formula is C13H19BrN2O3S. The summed E-state index contributed by atoms with van der Waals surface area (Å²) in [5.41, 5.74) is 0. The molecule has 0 aromatic heterocycles. The Hall–Kier alpha value is -0.630. The maximum Gasteiger partial charge on any atom is 0.211 e. The van der Waals surface area contributed by atoms with Crippen molar-refractivity contribution in [3.63, 3.8) is 0 Å². The highest BCUT2D eigenvalue weighted by atomic mass is 79.9. The van der Waals surface area contributed by atoms with Gasteiger partial charge in [-0.15, -0.1) is 0 Å². The summed E-state index contributed by atoms with van der Waals surface area (Å²) >= 11 is 3.38. The molecule has 0 amide bonds. The number of ether oxygens (including phenoxy) is 1. The van der Waals surface area contributed by atoms with Crippen LogP contribution < -0.4 is 4.74 Å². The van der Waals surface area contributed by atoms with Crippen molar-refractivity contribution in [3.8, 4) is 5.75 Å². The molecule has 0 spiro atoms. The van der Waals surface area contributed by atoms with Crippen molar-refractivity contribution in [1.29, 1.82) is 0 Å². The number of hydrogen-bond donors (Lipinski definition) is 0. The zero-order valence-electron chi connectivity index (χ0n) is 11.5. The molecule has 7 heteroatoms. The van der Waals surface area contributed by atoms with E-state index in [2.05, 4.69) is 20.8 Å². The Balaban J connectivity index is 1.70. The summed E-state index contributed by atoms with van der Waals surface area (Å²) in [6, 6.07) is 7.73. The van der Waals surface area contributed by atoms with E-state index in [9.17, 15) is 8.42 Å². The standard InChI is InChI=1S/C13H19BrN2O3S/c1-20(17,18)16-8-6-15(7-9-16)10-11-19-13-4-2-12(14)3-5-13/h2-5H,6-11H2,1H3. The van der Waals surface area contributed by atoms with Crippen molar-refractivity contribution < 1.29 is 13.2 Å². The molecule has 1 aromatic rings. The monoisotopic (exact) mass is 362 g/mol. The maximum atomic E-state index is 11.4. The SMILES string of the molecule is CS(=O)(=O)N1CCN(CCOc2ccc(Br)cc2)CC1. The number of rotatable bonds is 5. The molecule has 1 aliphatic rings. The molecule has 1 aliphatic heterocycles. The van der Waals surface area contributed by atoms with Crippen molar-refractivity contribution in [2.75, 3.05) is 45.6 Å². The minimum atomic E-state index is -3.05. The molecular weight excluding hydrogens is 344 g/mol.